The van der Waals surface area contributed by atoms with Gasteiger partial charge in [-0.3, -0.25) is 10.9 Å². The first-order chi connectivity index (χ1) is 6.27. The van der Waals surface area contributed by atoms with Crippen LogP contribution in [0.2, 0.25) is 0 Å². The minimum absolute atomic E-state index is 0.628. The van der Waals surface area contributed by atoms with Crippen molar-refractivity contribution >= 4 is 0 Å². The molecular weight excluding hydrogens is 160 g/mol. The SMILES string of the molecule is CCC1CCC(C(C)NNC)CC1. The van der Waals surface area contributed by atoms with Crippen molar-refractivity contribution in [1.82, 2.24) is 10.9 Å². The van der Waals surface area contributed by atoms with Gasteiger partial charge in [0.2, 0.25) is 0 Å². The third-order valence-corrected chi connectivity index (χ3v) is 3.55. The molecule has 1 aliphatic carbocycles. The summed E-state index contributed by atoms with van der Waals surface area (Å²) < 4.78 is 0. The Bertz CT molecular complexity index is 128. The number of rotatable bonds is 4. The monoisotopic (exact) mass is 184 g/mol. The Morgan fingerprint density at radius 2 is 1.85 bits per heavy atom. The Morgan fingerprint density at radius 3 is 2.31 bits per heavy atom. The molecule has 0 radical (unpaired) electrons. The molecule has 0 spiro atoms. The highest BCUT2D eigenvalue weighted by atomic mass is 15.3. The van der Waals surface area contributed by atoms with Crippen LogP contribution in [0.1, 0.15) is 46.0 Å². The van der Waals surface area contributed by atoms with Crippen LogP contribution in [0.3, 0.4) is 0 Å². The quantitative estimate of drug-likeness (QED) is 0.655. The molecule has 0 saturated heterocycles. The third kappa shape index (κ3) is 3.28. The van der Waals surface area contributed by atoms with Gasteiger partial charge in [-0.1, -0.05) is 26.2 Å². The molecule has 0 aromatic rings. The van der Waals surface area contributed by atoms with E-state index in [1.807, 2.05) is 7.05 Å². The maximum absolute atomic E-state index is 3.30. The largest absolute Gasteiger partial charge is 0.261 e. The molecule has 1 atom stereocenters. The predicted molar refractivity (Wildman–Crippen MR) is 57.4 cm³/mol. The van der Waals surface area contributed by atoms with Crippen LogP contribution in [-0.4, -0.2) is 13.1 Å². The van der Waals surface area contributed by atoms with E-state index in [9.17, 15) is 0 Å². The number of nitrogens with one attached hydrogen (secondary N) is 2. The summed E-state index contributed by atoms with van der Waals surface area (Å²) in [6.07, 6.45) is 7.08. The fourth-order valence-electron chi connectivity index (χ4n) is 2.44. The molecule has 2 N–H and O–H groups in total. The van der Waals surface area contributed by atoms with Crippen LogP contribution in [0.5, 0.6) is 0 Å². The molecule has 2 nitrogen and oxygen atoms in total. The van der Waals surface area contributed by atoms with Gasteiger partial charge in [-0.2, -0.15) is 0 Å². The second kappa shape index (κ2) is 5.61. The number of hydrogen-bond acceptors (Lipinski definition) is 2. The Balaban J connectivity index is 2.23. The van der Waals surface area contributed by atoms with E-state index in [2.05, 4.69) is 24.7 Å². The van der Waals surface area contributed by atoms with E-state index in [0.717, 1.165) is 11.8 Å². The molecule has 0 heterocycles. The van der Waals surface area contributed by atoms with Crippen molar-refractivity contribution in [2.24, 2.45) is 11.8 Å². The standard InChI is InChI=1S/C11H24N2/c1-4-10-5-7-11(8-6-10)9(2)13-12-3/h9-13H,4-8H2,1-3H3. The average Bonchev–Trinajstić information content (AvgIpc) is 2.18. The molecule has 2 heteroatoms. The van der Waals surface area contributed by atoms with E-state index >= 15 is 0 Å². The van der Waals surface area contributed by atoms with Crippen LogP contribution in [0.15, 0.2) is 0 Å². The fourth-order valence-corrected chi connectivity index (χ4v) is 2.44. The van der Waals surface area contributed by atoms with Crippen LogP contribution in [0.25, 0.3) is 0 Å². The zero-order valence-electron chi connectivity index (χ0n) is 9.27. The van der Waals surface area contributed by atoms with Gasteiger partial charge in [0.05, 0.1) is 0 Å². The van der Waals surface area contributed by atoms with Gasteiger partial charge in [-0.15, -0.1) is 0 Å². The van der Waals surface area contributed by atoms with Gasteiger partial charge in [0.1, 0.15) is 0 Å². The zero-order chi connectivity index (χ0) is 9.68. The molecule has 13 heavy (non-hydrogen) atoms. The molecule has 1 fully saturated rings. The van der Waals surface area contributed by atoms with Crippen molar-refractivity contribution in [3.63, 3.8) is 0 Å². The van der Waals surface area contributed by atoms with Gasteiger partial charge in [0.25, 0.3) is 0 Å². The van der Waals surface area contributed by atoms with Crippen molar-refractivity contribution in [2.75, 3.05) is 7.05 Å². The zero-order valence-corrected chi connectivity index (χ0v) is 9.27. The minimum atomic E-state index is 0.628. The molecule has 0 aromatic heterocycles. The molecule has 0 bridgehead atoms. The molecule has 1 aliphatic rings. The first-order valence-corrected chi connectivity index (χ1v) is 5.70. The Labute approximate surface area is 82.5 Å². The highest BCUT2D eigenvalue weighted by Gasteiger charge is 2.23. The molecule has 0 aliphatic heterocycles. The van der Waals surface area contributed by atoms with Gasteiger partial charge in [-0.05, 0) is 38.6 Å². The van der Waals surface area contributed by atoms with Crippen LogP contribution >= 0.6 is 0 Å². The summed E-state index contributed by atoms with van der Waals surface area (Å²) >= 11 is 0. The van der Waals surface area contributed by atoms with Crippen molar-refractivity contribution in [1.29, 1.82) is 0 Å². The predicted octanol–water partition coefficient (Wildman–Crippen LogP) is 2.32. The first kappa shape index (κ1) is 11.0. The highest BCUT2D eigenvalue weighted by Crippen LogP contribution is 2.32. The molecule has 0 aromatic carbocycles. The second-order valence-electron chi connectivity index (χ2n) is 4.37. The minimum Gasteiger partial charge on any atom is -0.261 e. The Hall–Kier alpha value is -0.0800. The Kier molecular flexibility index (Phi) is 4.74. The van der Waals surface area contributed by atoms with Crippen LogP contribution < -0.4 is 10.9 Å². The van der Waals surface area contributed by atoms with Gasteiger partial charge in [0, 0.05) is 6.04 Å². The van der Waals surface area contributed by atoms with Crippen molar-refractivity contribution < 1.29 is 0 Å². The van der Waals surface area contributed by atoms with Gasteiger partial charge < -0.3 is 0 Å². The van der Waals surface area contributed by atoms with E-state index in [1.54, 1.807) is 0 Å². The van der Waals surface area contributed by atoms with Gasteiger partial charge in [0.15, 0.2) is 0 Å². The smallest absolute Gasteiger partial charge is 0.0212 e. The third-order valence-electron chi connectivity index (χ3n) is 3.55. The van der Waals surface area contributed by atoms with Crippen LogP contribution in [0.4, 0.5) is 0 Å². The number of hydrazine groups is 1. The highest BCUT2D eigenvalue weighted by molar-refractivity contribution is 4.77. The van der Waals surface area contributed by atoms with E-state index in [0.29, 0.717) is 6.04 Å². The van der Waals surface area contributed by atoms with Crippen molar-refractivity contribution in [2.45, 2.75) is 52.0 Å². The summed E-state index contributed by atoms with van der Waals surface area (Å²) in [5, 5.41) is 0. The lowest BCUT2D eigenvalue weighted by Gasteiger charge is -2.32. The van der Waals surface area contributed by atoms with E-state index in [-0.39, 0.29) is 0 Å². The summed E-state index contributed by atoms with van der Waals surface area (Å²) in [5.74, 6) is 1.90. The first-order valence-electron chi connectivity index (χ1n) is 5.70. The van der Waals surface area contributed by atoms with E-state index < -0.39 is 0 Å². The number of hydrogen-bond donors (Lipinski definition) is 2. The summed E-state index contributed by atoms with van der Waals surface area (Å²) in [4.78, 5) is 0. The van der Waals surface area contributed by atoms with Crippen molar-refractivity contribution in [3.05, 3.63) is 0 Å². The average molecular weight is 184 g/mol. The summed E-state index contributed by atoms with van der Waals surface area (Å²) in [5.41, 5.74) is 6.34. The van der Waals surface area contributed by atoms with E-state index in [1.165, 1.54) is 32.1 Å². The van der Waals surface area contributed by atoms with E-state index in [4.69, 9.17) is 0 Å². The molecule has 1 rings (SSSR count). The lowest BCUT2D eigenvalue weighted by Crippen LogP contribution is -2.42. The maximum atomic E-state index is 3.30. The summed E-state index contributed by atoms with van der Waals surface area (Å²) in [6.45, 7) is 4.60. The lowest BCUT2D eigenvalue weighted by atomic mass is 9.78. The van der Waals surface area contributed by atoms with Crippen molar-refractivity contribution in [3.8, 4) is 0 Å². The summed E-state index contributed by atoms with van der Waals surface area (Å²) in [7, 11) is 1.95. The normalized spacial score (nSPS) is 31.6. The topological polar surface area (TPSA) is 24.1 Å². The lowest BCUT2D eigenvalue weighted by molar-refractivity contribution is 0.218. The summed E-state index contributed by atoms with van der Waals surface area (Å²) in [6, 6.07) is 0.628. The molecule has 78 valence electrons. The molecular formula is C11H24N2. The molecule has 1 unspecified atom stereocenters. The second-order valence-corrected chi connectivity index (χ2v) is 4.37. The fraction of sp³-hybridized carbons (Fsp3) is 1.00. The van der Waals surface area contributed by atoms with Crippen LogP contribution in [-0.2, 0) is 0 Å². The van der Waals surface area contributed by atoms with Gasteiger partial charge in [-0.25, -0.2) is 0 Å². The molecule has 1 saturated carbocycles. The van der Waals surface area contributed by atoms with Crippen LogP contribution in [0, 0.1) is 11.8 Å². The van der Waals surface area contributed by atoms with Gasteiger partial charge >= 0.3 is 0 Å². The molecule has 0 amide bonds. The Morgan fingerprint density at radius 1 is 1.23 bits per heavy atom. The maximum Gasteiger partial charge on any atom is 0.0212 e.